The number of nitrogens with one attached hydrogen (secondary N) is 1. The fourth-order valence-electron chi connectivity index (χ4n) is 3.15. The molecule has 1 fully saturated rings. The molecule has 0 bridgehead atoms. The molecule has 3 aromatic heterocycles. The Morgan fingerprint density at radius 1 is 1.36 bits per heavy atom. The fraction of sp³-hybridized carbons (Fsp3) is 0.412. The van der Waals surface area contributed by atoms with Crippen LogP contribution in [0.25, 0.3) is 11.1 Å². The summed E-state index contributed by atoms with van der Waals surface area (Å²) in [5.41, 5.74) is 3.31. The molecule has 1 amide bonds. The average Bonchev–Trinajstić information content (AvgIpc) is 3.20. The molecule has 1 aliphatic rings. The third-order valence-electron chi connectivity index (χ3n) is 4.36. The van der Waals surface area contributed by atoms with Gasteiger partial charge in [0.2, 0.25) is 0 Å². The minimum Gasteiger partial charge on any atom is -0.367 e. The summed E-state index contributed by atoms with van der Waals surface area (Å²) in [4.78, 5) is 26.7. The second-order valence-corrected chi connectivity index (χ2v) is 6.32. The molecule has 25 heavy (non-hydrogen) atoms. The number of H-pyrrole nitrogens is 1. The minimum absolute atomic E-state index is 0.0709. The molecule has 4 rings (SSSR count). The van der Waals surface area contributed by atoms with Gasteiger partial charge in [0.25, 0.3) is 11.6 Å². The summed E-state index contributed by atoms with van der Waals surface area (Å²) in [5.74, 6) is 0.672. The van der Waals surface area contributed by atoms with Crippen molar-refractivity contribution in [1.29, 1.82) is 0 Å². The molecular formula is C17H19N5O3. The summed E-state index contributed by atoms with van der Waals surface area (Å²) >= 11 is 0. The van der Waals surface area contributed by atoms with Crippen LogP contribution in [0.2, 0.25) is 0 Å². The lowest BCUT2D eigenvalue weighted by Crippen LogP contribution is -2.42. The summed E-state index contributed by atoms with van der Waals surface area (Å²) in [6.07, 6.45) is 1.50. The van der Waals surface area contributed by atoms with Crippen LogP contribution in [-0.4, -0.2) is 50.6 Å². The smallest absolute Gasteiger partial charge is 0.258 e. The van der Waals surface area contributed by atoms with Crippen LogP contribution < -0.4 is 0 Å². The molecule has 1 N–H and O–H groups in total. The molecular weight excluding hydrogens is 322 g/mol. The highest BCUT2D eigenvalue weighted by atomic mass is 16.5. The zero-order valence-electron chi connectivity index (χ0n) is 14.4. The Morgan fingerprint density at radius 3 is 2.96 bits per heavy atom. The van der Waals surface area contributed by atoms with E-state index in [1.807, 2.05) is 20.8 Å². The largest absolute Gasteiger partial charge is 0.367 e. The van der Waals surface area contributed by atoms with Crippen molar-refractivity contribution in [3.63, 3.8) is 0 Å². The van der Waals surface area contributed by atoms with E-state index in [-0.39, 0.29) is 12.0 Å². The number of carbonyl (C=O) groups excluding carboxylic acids is 1. The number of pyridine rings is 1. The molecule has 0 spiro atoms. The standard InChI is InChI=1S/C17H19N5O3/c1-9-6-12(14-11(3)21-25-16(14)20-9)17(23)22-4-5-24-13(8-22)15-18-7-10(2)19-15/h6-7,13H,4-5,8H2,1-3H3,(H,18,19). The Kier molecular flexibility index (Phi) is 3.76. The molecule has 4 heterocycles. The van der Waals surface area contributed by atoms with Crippen molar-refractivity contribution in [2.75, 3.05) is 19.7 Å². The first-order valence-corrected chi connectivity index (χ1v) is 8.19. The minimum atomic E-state index is -0.256. The van der Waals surface area contributed by atoms with Crippen molar-refractivity contribution >= 4 is 17.0 Å². The molecule has 8 heteroatoms. The number of nitrogens with zero attached hydrogens (tertiary/aromatic N) is 4. The number of aryl methyl sites for hydroxylation is 3. The van der Waals surface area contributed by atoms with Gasteiger partial charge in [0, 0.05) is 24.1 Å². The predicted octanol–water partition coefficient (Wildman–Crippen LogP) is 2.08. The maximum absolute atomic E-state index is 13.1. The van der Waals surface area contributed by atoms with Crippen LogP contribution in [-0.2, 0) is 4.74 Å². The van der Waals surface area contributed by atoms with E-state index in [2.05, 4.69) is 20.1 Å². The Bertz CT molecular complexity index is 945. The highest BCUT2D eigenvalue weighted by Crippen LogP contribution is 2.26. The number of aromatic nitrogens is 4. The fourth-order valence-corrected chi connectivity index (χ4v) is 3.15. The molecule has 8 nitrogen and oxygen atoms in total. The highest BCUT2D eigenvalue weighted by Gasteiger charge is 2.29. The SMILES string of the molecule is Cc1cc(C(=O)N2CCOC(c3ncc(C)[nH]3)C2)c2c(C)noc2n1. The van der Waals surface area contributed by atoms with Gasteiger partial charge < -0.3 is 19.1 Å². The van der Waals surface area contributed by atoms with Crippen molar-refractivity contribution in [1.82, 2.24) is 25.0 Å². The average molecular weight is 341 g/mol. The molecule has 1 saturated heterocycles. The van der Waals surface area contributed by atoms with Gasteiger partial charge in [-0.1, -0.05) is 5.16 Å². The van der Waals surface area contributed by atoms with Crippen molar-refractivity contribution < 1.29 is 14.1 Å². The summed E-state index contributed by atoms with van der Waals surface area (Å²) in [6.45, 7) is 7.02. The maximum atomic E-state index is 13.1. The molecule has 1 aliphatic heterocycles. The van der Waals surface area contributed by atoms with Crippen LogP contribution in [0.5, 0.6) is 0 Å². The number of hydrogen-bond acceptors (Lipinski definition) is 6. The van der Waals surface area contributed by atoms with Crippen LogP contribution in [0, 0.1) is 20.8 Å². The van der Waals surface area contributed by atoms with Crippen molar-refractivity contribution in [2.24, 2.45) is 0 Å². The molecule has 3 aromatic rings. The Balaban J connectivity index is 1.65. The van der Waals surface area contributed by atoms with Gasteiger partial charge >= 0.3 is 0 Å². The molecule has 0 saturated carbocycles. The number of morpholine rings is 1. The third-order valence-corrected chi connectivity index (χ3v) is 4.36. The van der Waals surface area contributed by atoms with Gasteiger partial charge in [-0.2, -0.15) is 0 Å². The van der Waals surface area contributed by atoms with E-state index in [0.717, 1.165) is 17.2 Å². The molecule has 0 aromatic carbocycles. The molecule has 130 valence electrons. The summed E-state index contributed by atoms with van der Waals surface area (Å²) < 4.78 is 11.0. The number of amides is 1. The maximum Gasteiger partial charge on any atom is 0.258 e. The number of fused-ring (bicyclic) bond motifs is 1. The van der Waals surface area contributed by atoms with Crippen LogP contribution >= 0.6 is 0 Å². The summed E-state index contributed by atoms with van der Waals surface area (Å²) in [6, 6.07) is 1.79. The monoisotopic (exact) mass is 341 g/mol. The van der Waals surface area contributed by atoms with Crippen molar-refractivity contribution in [2.45, 2.75) is 26.9 Å². The first kappa shape index (κ1) is 15.8. The zero-order chi connectivity index (χ0) is 17.6. The van der Waals surface area contributed by atoms with Gasteiger partial charge in [-0.3, -0.25) is 4.79 Å². The second kappa shape index (κ2) is 5.96. The first-order valence-electron chi connectivity index (χ1n) is 8.19. The lowest BCUT2D eigenvalue weighted by molar-refractivity contribution is -0.0264. The number of ether oxygens (including phenoxy) is 1. The van der Waals surface area contributed by atoms with E-state index in [0.29, 0.717) is 42.1 Å². The van der Waals surface area contributed by atoms with Gasteiger partial charge in [0.1, 0.15) is 11.9 Å². The lowest BCUT2D eigenvalue weighted by Gasteiger charge is -2.32. The van der Waals surface area contributed by atoms with Gasteiger partial charge in [0.15, 0.2) is 0 Å². The van der Waals surface area contributed by atoms with E-state index in [1.165, 1.54) is 0 Å². The van der Waals surface area contributed by atoms with Gasteiger partial charge in [-0.25, -0.2) is 9.97 Å². The van der Waals surface area contributed by atoms with Gasteiger partial charge in [-0.05, 0) is 26.8 Å². The zero-order valence-corrected chi connectivity index (χ0v) is 14.4. The van der Waals surface area contributed by atoms with Crippen molar-refractivity contribution in [3.05, 3.63) is 40.7 Å². The Labute approximate surface area is 144 Å². The molecule has 0 radical (unpaired) electrons. The first-order chi connectivity index (χ1) is 12.0. The number of imidazole rings is 1. The van der Waals surface area contributed by atoms with Crippen LogP contribution in [0.1, 0.15) is 39.4 Å². The Morgan fingerprint density at radius 2 is 2.20 bits per heavy atom. The van der Waals surface area contributed by atoms with E-state index < -0.39 is 0 Å². The number of rotatable bonds is 2. The predicted molar refractivity (Wildman–Crippen MR) is 89.2 cm³/mol. The molecule has 1 atom stereocenters. The van der Waals surface area contributed by atoms with E-state index in [4.69, 9.17) is 9.26 Å². The van der Waals surface area contributed by atoms with Crippen LogP contribution in [0.3, 0.4) is 0 Å². The second-order valence-electron chi connectivity index (χ2n) is 6.32. The van der Waals surface area contributed by atoms with Gasteiger partial charge in [0.05, 0.1) is 29.8 Å². The van der Waals surface area contributed by atoms with Crippen LogP contribution in [0.15, 0.2) is 16.8 Å². The number of hydrogen-bond donors (Lipinski definition) is 1. The number of carbonyl (C=O) groups is 1. The quantitative estimate of drug-likeness (QED) is 0.766. The topological polar surface area (TPSA) is 97.1 Å². The van der Waals surface area contributed by atoms with E-state index in [9.17, 15) is 4.79 Å². The van der Waals surface area contributed by atoms with Gasteiger partial charge in [-0.15, -0.1) is 0 Å². The highest BCUT2D eigenvalue weighted by molar-refractivity contribution is 6.06. The van der Waals surface area contributed by atoms with E-state index in [1.54, 1.807) is 17.2 Å². The Hall–Kier alpha value is -2.74. The van der Waals surface area contributed by atoms with Crippen LogP contribution in [0.4, 0.5) is 0 Å². The lowest BCUT2D eigenvalue weighted by atomic mass is 10.1. The third kappa shape index (κ3) is 2.78. The van der Waals surface area contributed by atoms with Crippen molar-refractivity contribution in [3.8, 4) is 0 Å². The molecule has 1 unspecified atom stereocenters. The van der Waals surface area contributed by atoms with E-state index >= 15 is 0 Å². The number of aromatic amines is 1. The normalized spacial score (nSPS) is 18.0. The summed E-state index contributed by atoms with van der Waals surface area (Å²) in [7, 11) is 0. The molecule has 0 aliphatic carbocycles. The summed E-state index contributed by atoms with van der Waals surface area (Å²) in [5, 5.41) is 4.62.